The molecular weight excluding hydrogens is 250 g/mol. The van der Waals surface area contributed by atoms with Crippen molar-refractivity contribution in [1.29, 1.82) is 5.26 Å². The number of nitrogens with zero attached hydrogens (tertiary/aromatic N) is 2. The molecule has 1 fully saturated rings. The van der Waals surface area contributed by atoms with Crippen LogP contribution in [0.4, 0.5) is 0 Å². The molecule has 0 aliphatic heterocycles. The van der Waals surface area contributed by atoms with Crippen molar-refractivity contribution in [2.24, 2.45) is 5.73 Å². The lowest BCUT2D eigenvalue weighted by Gasteiger charge is -2.31. The van der Waals surface area contributed by atoms with Gasteiger partial charge in [-0.15, -0.1) is 0 Å². The molecule has 1 unspecified atom stereocenters. The third-order valence-electron chi connectivity index (χ3n) is 4.08. The number of hydrogen-bond acceptors (Lipinski definition) is 4. The van der Waals surface area contributed by atoms with Crippen molar-refractivity contribution in [3.8, 4) is 6.07 Å². The van der Waals surface area contributed by atoms with Crippen LogP contribution in [-0.2, 0) is 10.3 Å². The van der Waals surface area contributed by atoms with Gasteiger partial charge >= 0.3 is 0 Å². The summed E-state index contributed by atoms with van der Waals surface area (Å²) in [5.41, 5.74) is 7.97. The Morgan fingerprint density at radius 2 is 2.35 bits per heavy atom. The number of allylic oxidation sites excluding steroid dienone is 2. The number of nitrogens with two attached hydrogens (primary N) is 1. The zero-order chi connectivity index (χ0) is 14.2. The van der Waals surface area contributed by atoms with E-state index in [2.05, 4.69) is 17.1 Å². The molecule has 0 radical (unpaired) electrons. The van der Waals surface area contributed by atoms with Crippen molar-refractivity contribution in [3.05, 3.63) is 53.4 Å². The van der Waals surface area contributed by atoms with Gasteiger partial charge in [-0.3, -0.25) is 4.98 Å². The van der Waals surface area contributed by atoms with Gasteiger partial charge < -0.3 is 10.5 Å². The Balaban J connectivity index is 2.09. The number of methoxy groups -OCH3 is 1. The first kappa shape index (κ1) is 13.0. The highest BCUT2D eigenvalue weighted by Gasteiger charge is 2.42. The van der Waals surface area contributed by atoms with E-state index in [1.165, 1.54) is 0 Å². The highest BCUT2D eigenvalue weighted by molar-refractivity contribution is 5.45. The summed E-state index contributed by atoms with van der Waals surface area (Å²) in [5.74, 6) is 0.357. The standard InChI is InChI=1S/C16H17N3O/c1-20-16(6-2-4-11(9-16)10-17)15-12(5-3-7-19-15)13-8-14(13)18/h2-5,7,9,13-14H,6,8,18H2,1H3/t13-,14+,16?/m0/s1. The molecule has 0 amide bonds. The van der Waals surface area contributed by atoms with Gasteiger partial charge in [0.1, 0.15) is 5.60 Å². The smallest absolute Gasteiger partial charge is 0.133 e. The van der Waals surface area contributed by atoms with Gasteiger partial charge in [0.05, 0.1) is 17.3 Å². The van der Waals surface area contributed by atoms with Crippen molar-refractivity contribution in [3.63, 3.8) is 0 Å². The largest absolute Gasteiger partial charge is 0.367 e. The second kappa shape index (κ2) is 4.86. The average molecular weight is 267 g/mol. The van der Waals surface area contributed by atoms with E-state index in [0.29, 0.717) is 17.9 Å². The number of rotatable bonds is 3. The summed E-state index contributed by atoms with van der Waals surface area (Å²) in [6.45, 7) is 0. The Morgan fingerprint density at radius 1 is 1.55 bits per heavy atom. The molecule has 4 nitrogen and oxygen atoms in total. The Kier molecular flexibility index (Phi) is 3.17. The second-order valence-corrected chi connectivity index (χ2v) is 5.36. The summed E-state index contributed by atoms with van der Waals surface area (Å²) < 4.78 is 5.77. The molecule has 1 aromatic heterocycles. The van der Waals surface area contributed by atoms with E-state index in [1.807, 2.05) is 24.3 Å². The lowest BCUT2D eigenvalue weighted by atomic mass is 9.85. The van der Waals surface area contributed by atoms with E-state index < -0.39 is 5.60 Å². The van der Waals surface area contributed by atoms with E-state index in [4.69, 9.17) is 15.7 Å². The molecule has 0 spiro atoms. The molecule has 0 bridgehead atoms. The molecule has 3 rings (SSSR count). The van der Waals surface area contributed by atoms with Crippen LogP contribution in [0.3, 0.4) is 0 Å². The minimum absolute atomic E-state index is 0.213. The highest BCUT2D eigenvalue weighted by atomic mass is 16.5. The molecule has 2 aliphatic carbocycles. The Morgan fingerprint density at radius 3 is 3.00 bits per heavy atom. The van der Waals surface area contributed by atoms with Gasteiger partial charge in [-0.05, 0) is 30.2 Å². The fraction of sp³-hybridized carbons (Fsp3) is 0.375. The monoisotopic (exact) mass is 267 g/mol. The lowest BCUT2D eigenvalue weighted by Crippen LogP contribution is -2.30. The van der Waals surface area contributed by atoms with E-state index in [-0.39, 0.29) is 6.04 Å². The number of nitriles is 1. The predicted octanol–water partition coefficient (Wildman–Crippen LogP) is 2.15. The molecule has 1 saturated carbocycles. The van der Waals surface area contributed by atoms with Crippen LogP contribution in [0, 0.1) is 11.3 Å². The maximum absolute atomic E-state index is 9.13. The maximum Gasteiger partial charge on any atom is 0.133 e. The molecule has 1 aromatic rings. The zero-order valence-corrected chi connectivity index (χ0v) is 11.4. The highest BCUT2D eigenvalue weighted by Crippen LogP contribution is 2.45. The topological polar surface area (TPSA) is 71.9 Å². The van der Waals surface area contributed by atoms with Crippen LogP contribution in [0.15, 0.2) is 42.1 Å². The van der Waals surface area contributed by atoms with Crippen molar-refractivity contribution in [2.45, 2.75) is 30.4 Å². The normalized spacial score (nSPS) is 31.6. The van der Waals surface area contributed by atoms with Gasteiger partial charge in [0.15, 0.2) is 0 Å². The lowest BCUT2D eigenvalue weighted by molar-refractivity contribution is 0.0257. The van der Waals surface area contributed by atoms with Gasteiger partial charge in [0.25, 0.3) is 0 Å². The van der Waals surface area contributed by atoms with Crippen molar-refractivity contribution in [2.75, 3.05) is 7.11 Å². The zero-order valence-electron chi connectivity index (χ0n) is 11.4. The summed E-state index contributed by atoms with van der Waals surface area (Å²) in [5, 5.41) is 9.13. The van der Waals surface area contributed by atoms with Crippen molar-refractivity contribution in [1.82, 2.24) is 4.98 Å². The summed E-state index contributed by atoms with van der Waals surface area (Å²) in [6, 6.07) is 6.39. The first-order chi connectivity index (χ1) is 9.70. The van der Waals surface area contributed by atoms with Crippen LogP contribution in [-0.4, -0.2) is 18.1 Å². The minimum atomic E-state index is -0.654. The Labute approximate surface area is 118 Å². The minimum Gasteiger partial charge on any atom is -0.367 e. The average Bonchev–Trinajstić information content (AvgIpc) is 3.24. The molecule has 0 aromatic carbocycles. The molecule has 20 heavy (non-hydrogen) atoms. The fourth-order valence-corrected chi connectivity index (χ4v) is 2.84. The number of aromatic nitrogens is 1. The van der Waals surface area contributed by atoms with Crippen molar-refractivity contribution >= 4 is 0 Å². The van der Waals surface area contributed by atoms with Crippen molar-refractivity contribution < 1.29 is 4.74 Å². The summed E-state index contributed by atoms with van der Waals surface area (Å²) in [4.78, 5) is 4.54. The van der Waals surface area contributed by atoms with Crippen LogP contribution in [0.2, 0.25) is 0 Å². The van der Waals surface area contributed by atoms with Gasteiger partial charge in [-0.25, -0.2) is 0 Å². The number of pyridine rings is 1. The summed E-state index contributed by atoms with van der Waals surface area (Å²) in [6.07, 6.45) is 9.10. The number of hydrogen-bond donors (Lipinski definition) is 1. The molecule has 0 saturated heterocycles. The molecule has 3 atom stereocenters. The fourth-order valence-electron chi connectivity index (χ4n) is 2.84. The Bertz CT molecular complexity index is 629. The third kappa shape index (κ3) is 2.05. The van der Waals surface area contributed by atoms with E-state index in [9.17, 15) is 0 Å². The first-order valence-corrected chi connectivity index (χ1v) is 6.76. The van der Waals surface area contributed by atoms with Gasteiger partial charge in [0, 0.05) is 31.7 Å². The van der Waals surface area contributed by atoms with E-state index >= 15 is 0 Å². The van der Waals surface area contributed by atoms with Gasteiger partial charge in [-0.1, -0.05) is 12.1 Å². The van der Waals surface area contributed by atoms with Crippen LogP contribution in [0.5, 0.6) is 0 Å². The molecule has 1 heterocycles. The summed E-state index contributed by atoms with van der Waals surface area (Å²) in [7, 11) is 1.66. The SMILES string of the molecule is COC1(c2ncccc2[C@@H]2C[C@H]2N)C=C(C#N)C=CC1. The quantitative estimate of drug-likeness (QED) is 0.910. The first-order valence-electron chi connectivity index (χ1n) is 6.76. The summed E-state index contributed by atoms with van der Waals surface area (Å²) >= 11 is 0. The Hall–Kier alpha value is -1.96. The van der Waals surface area contributed by atoms with Crippen LogP contribution in [0.25, 0.3) is 0 Å². The van der Waals surface area contributed by atoms with Gasteiger partial charge in [-0.2, -0.15) is 5.26 Å². The molecule has 102 valence electrons. The van der Waals surface area contributed by atoms with Crippen LogP contribution >= 0.6 is 0 Å². The van der Waals surface area contributed by atoms with E-state index in [1.54, 1.807) is 13.3 Å². The molecular formula is C16H17N3O. The van der Waals surface area contributed by atoms with E-state index in [0.717, 1.165) is 17.7 Å². The number of ether oxygens (including phenoxy) is 1. The van der Waals surface area contributed by atoms with Crippen LogP contribution in [0.1, 0.15) is 30.0 Å². The molecule has 2 N–H and O–H groups in total. The predicted molar refractivity (Wildman–Crippen MR) is 75.7 cm³/mol. The third-order valence-corrected chi connectivity index (χ3v) is 4.08. The van der Waals surface area contributed by atoms with Crippen LogP contribution < -0.4 is 5.73 Å². The molecule has 4 heteroatoms. The maximum atomic E-state index is 9.13. The second-order valence-electron chi connectivity index (χ2n) is 5.36. The van der Waals surface area contributed by atoms with Gasteiger partial charge in [0.2, 0.25) is 0 Å². The molecule has 2 aliphatic rings.